The molecular formula is C18H19N5O. The number of amides is 1. The highest BCUT2D eigenvalue weighted by Gasteiger charge is 2.15. The van der Waals surface area contributed by atoms with Crippen LogP contribution < -0.4 is 5.32 Å². The summed E-state index contributed by atoms with van der Waals surface area (Å²) in [4.78, 5) is 20.9. The molecular weight excluding hydrogens is 302 g/mol. The number of carbonyl (C=O) groups is 1. The zero-order valence-corrected chi connectivity index (χ0v) is 13.9. The summed E-state index contributed by atoms with van der Waals surface area (Å²) in [5.74, 6) is -0.208. The molecule has 0 aliphatic heterocycles. The third kappa shape index (κ3) is 3.17. The lowest BCUT2D eigenvalue weighted by molar-refractivity contribution is 0.0946. The Balaban J connectivity index is 1.81. The summed E-state index contributed by atoms with van der Waals surface area (Å²) in [6.07, 6.45) is 3.43. The van der Waals surface area contributed by atoms with Gasteiger partial charge in [0.2, 0.25) is 0 Å². The Labute approximate surface area is 140 Å². The number of rotatable bonds is 4. The predicted octanol–water partition coefficient (Wildman–Crippen LogP) is 2.42. The first-order chi connectivity index (χ1) is 11.6. The summed E-state index contributed by atoms with van der Waals surface area (Å²) >= 11 is 0. The van der Waals surface area contributed by atoms with E-state index in [2.05, 4.69) is 20.4 Å². The number of hydrogen-bond donors (Lipinski definition) is 1. The lowest BCUT2D eigenvalue weighted by Gasteiger charge is -2.07. The van der Waals surface area contributed by atoms with Crippen LogP contribution in [-0.2, 0) is 13.6 Å². The van der Waals surface area contributed by atoms with E-state index in [-0.39, 0.29) is 5.91 Å². The maximum Gasteiger partial charge on any atom is 0.270 e. The molecule has 0 aliphatic carbocycles. The molecule has 3 aromatic heterocycles. The molecule has 3 aromatic rings. The topological polar surface area (TPSA) is 72.7 Å². The molecule has 0 spiro atoms. The van der Waals surface area contributed by atoms with Crippen LogP contribution in [0.15, 0.2) is 42.7 Å². The van der Waals surface area contributed by atoms with Gasteiger partial charge in [-0.2, -0.15) is 5.10 Å². The standard InChI is InChI=1S/C18H19N5O/c1-12-17(13(2)23(3)22-12)15-7-4-8-16(21-15)18(24)20-11-14-6-5-9-19-10-14/h4-10H,11H2,1-3H3,(H,20,24). The van der Waals surface area contributed by atoms with E-state index >= 15 is 0 Å². The molecule has 3 heterocycles. The summed E-state index contributed by atoms with van der Waals surface area (Å²) in [6, 6.07) is 9.21. The third-order valence-corrected chi connectivity index (χ3v) is 3.92. The van der Waals surface area contributed by atoms with Gasteiger partial charge < -0.3 is 5.32 Å². The number of carbonyl (C=O) groups excluding carboxylic acids is 1. The fourth-order valence-corrected chi connectivity index (χ4v) is 2.62. The van der Waals surface area contributed by atoms with E-state index in [1.807, 2.05) is 49.8 Å². The Morgan fingerprint density at radius 1 is 1.21 bits per heavy atom. The van der Waals surface area contributed by atoms with E-state index in [0.29, 0.717) is 12.2 Å². The maximum absolute atomic E-state index is 12.4. The normalized spacial score (nSPS) is 10.6. The highest BCUT2D eigenvalue weighted by Crippen LogP contribution is 2.24. The van der Waals surface area contributed by atoms with Crippen molar-refractivity contribution >= 4 is 5.91 Å². The van der Waals surface area contributed by atoms with Gasteiger partial charge in [0, 0.05) is 37.2 Å². The Morgan fingerprint density at radius 3 is 2.71 bits per heavy atom. The Kier molecular flexibility index (Phi) is 4.37. The van der Waals surface area contributed by atoms with Crippen LogP contribution in [0.1, 0.15) is 27.4 Å². The van der Waals surface area contributed by atoms with Crippen LogP contribution in [0.2, 0.25) is 0 Å². The van der Waals surface area contributed by atoms with Gasteiger partial charge in [0.1, 0.15) is 5.69 Å². The molecule has 0 unspecified atom stereocenters. The van der Waals surface area contributed by atoms with Crippen LogP contribution in [0.4, 0.5) is 0 Å². The van der Waals surface area contributed by atoms with Crippen molar-refractivity contribution in [1.29, 1.82) is 0 Å². The molecule has 0 atom stereocenters. The Hall–Kier alpha value is -3.02. The highest BCUT2D eigenvalue weighted by molar-refractivity contribution is 5.92. The van der Waals surface area contributed by atoms with Gasteiger partial charge in [0.05, 0.1) is 11.4 Å². The number of hydrogen-bond acceptors (Lipinski definition) is 4. The number of pyridine rings is 2. The number of aromatic nitrogens is 4. The van der Waals surface area contributed by atoms with Crippen LogP contribution in [0.3, 0.4) is 0 Å². The van der Waals surface area contributed by atoms with Gasteiger partial charge in [-0.15, -0.1) is 0 Å². The molecule has 1 amide bonds. The molecule has 0 radical (unpaired) electrons. The molecule has 0 aliphatic rings. The van der Waals surface area contributed by atoms with Gasteiger partial charge in [-0.25, -0.2) is 4.98 Å². The van der Waals surface area contributed by atoms with Crippen molar-refractivity contribution in [1.82, 2.24) is 25.1 Å². The van der Waals surface area contributed by atoms with Gasteiger partial charge in [-0.3, -0.25) is 14.5 Å². The van der Waals surface area contributed by atoms with E-state index in [4.69, 9.17) is 0 Å². The van der Waals surface area contributed by atoms with Crippen molar-refractivity contribution in [3.63, 3.8) is 0 Å². The van der Waals surface area contributed by atoms with E-state index in [9.17, 15) is 4.79 Å². The average Bonchev–Trinajstić information content (AvgIpc) is 2.86. The van der Waals surface area contributed by atoms with Gasteiger partial charge in [0.25, 0.3) is 5.91 Å². The van der Waals surface area contributed by atoms with Gasteiger partial charge in [-0.1, -0.05) is 12.1 Å². The van der Waals surface area contributed by atoms with Crippen molar-refractivity contribution in [3.05, 3.63) is 65.4 Å². The monoisotopic (exact) mass is 321 g/mol. The molecule has 0 fully saturated rings. The van der Waals surface area contributed by atoms with Crippen LogP contribution in [0.25, 0.3) is 11.3 Å². The second kappa shape index (κ2) is 6.62. The maximum atomic E-state index is 12.4. The Bertz CT molecular complexity index is 870. The lowest BCUT2D eigenvalue weighted by atomic mass is 10.1. The first-order valence-electron chi connectivity index (χ1n) is 7.71. The number of nitrogens with zero attached hydrogens (tertiary/aromatic N) is 4. The lowest BCUT2D eigenvalue weighted by Crippen LogP contribution is -2.23. The summed E-state index contributed by atoms with van der Waals surface area (Å²) in [5.41, 5.74) is 4.98. The second-order valence-electron chi connectivity index (χ2n) is 5.62. The van der Waals surface area contributed by atoms with Gasteiger partial charge in [0.15, 0.2) is 0 Å². The van der Waals surface area contributed by atoms with Crippen LogP contribution >= 0.6 is 0 Å². The minimum absolute atomic E-state index is 0.208. The molecule has 6 heteroatoms. The third-order valence-electron chi connectivity index (χ3n) is 3.92. The minimum Gasteiger partial charge on any atom is -0.347 e. The van der Waals surface area contributed by atoms with E-state index < -0.39 is 0 Å². The van der Waals surface area contributed by atoms with Crippen molar-refractivity contribution in [2.24, 2.45) is 7.05 Å². The predicted molar refractivity (Wildman–Crippen MR) is 91.3 cm³/mol. The zero-order valence-electron chi connectivity index (χ0n) is 13.9. The van der Waals surface area contributed by atoms with Crippen molar-refractivity contribution in [2.75, 3.05) is 0 Å². The minimum atomic E-state index is -0.208. The van der Waals surface area contributed by atoms with Crippen LogP contribution in [0, 0.1) is 13.8 Å². The van der Waals surface area contributed by atoms with E-state index in [1.54, 1.807) is 18.5 Å². The fraction of sp³-hybridized carbons (Fsp3) is 0.222. The van der Waals surface area contributed by atoms with Crippen LogP contribution in [-0.4, -0.2) is 25.7 Å². The van der Waals surface area contributed by atoms with Crippen molar-refractivity contribution in [3.8, 4) is 11.3 Å². The summed E-state index contributed by atoms with van der Waals surface area (Å²) in [6.45, 7) is 4.36. The van der Waals surface area contributed by atoms with Gasteiger partial charge >= 0.3 is 0 Å². The van der Waals surface area contributed by atoms with Crippen LogP contribution in [0.5, 0.6) is 0 Å². The quantitative estimate of drug-likeness (QED) is 0.801. The largest absolute Gasteiger partial charge is 0.347 e. The Morgan fingerprint density at radius 2 is 2.04 bits per heavy atom. The number of nitrogens with one attached hydrogen (secondary N) is 1. The molecule has 24 heavy (non-hydrogen) atoms. The number of aryl methyl sites for hydroxylation is 2. The summed E-state index contributed by atoms with van der Waals surface area (Å²) in [7, 11) is 1.90. The second-order valence-corrected chi connectivity index (χ2v) is 5.62. The molecule has 3 rings (SSSR count). The first kappa shape index (κ1) is 15.9. The molecule has 6 nitrogen and oxygen atoms in total. The molecule has 0 bridgehead atoms. The molecule has 1 N–H and O–H groups in total. The van der Waals surface area contributed by atoms with Crippen molar-refractivity contribution < 1.29 is 4.79 Å². The summed E-state index contributed by atoms with van der Waals surface area (Å²) in [5, 5.41) is 7.27. The molecule has 0 saturated heterocycles. The molecule has 122 valence electrons. The van der Waals surface area contributed by atoms with E-state index in [0.717, 1.165) is 28.2 Å². The van der Waals surface area contributed by atoms with E-state index in [1.165, 1.54) is 0 Å². The molecule has 0 aromatic carbocycles. The SMILES string of the molecule is Cc1nn(C)c(C)c1-c1cccc(C(=O)NCc2cccnc2)n1. The molecule has 0 saturated carbocycles. The highest BCUT2D eigenvalue weighted by atomic mass is 16.1. The smallest absolute Gasteiger partial charge is 0.270 e. The van der Waals surface area contributed by atoms with Crippen molar-refractivity contribution in [2.45, 2.75) is 20.4 Å². The summed E-state index contributed by atoms with van der Waals surface area (Å²) < 4.78 is 1.82. The zero-order chi connectivity index (χ0) is 17.1. The van der Waals surface area contributed by atoms with Gasteiger partial charge in [-0.05, 0) is 37.6 Å². The fourth-order valence-electron chi connectivity index (χ4n) is 2.62. The first-order valence-corrected chi connectivity index (χ1v) is 7.71. The average molecular weight is 321 g/mol.